The number of halogens is 1. The van der Waals surface area contributed by atoms with E-state index >= 15 is 0 Å². The lowest BCUT2D eigenvalue weighted by Crippen LogP contribution is -2.16. The maximum atomic E-state index is 12.6. The fourth-order valence-corrected chi connectivity index (χ4v) is 2.49. The summed E-state index contributed by atoms with van der Waals surface area (Å²) in [6, 6.07) is 16.0. The van der Waals surface area contributed by atoms with Crippen molar-refractivity contribution < 1.29 is 9.53 Å². The van der Waals surface area contributed by atoms with Gasteiger partial charge in [-0.05, 0) is 43.3 Å². The van der Waals surface area contributed by atoms with Crippen LogP contribution in [-0.4, -0.2) is 23.0 Å². The number of carbonyl (C=O) groups is 1. The second kappa shape index (κ2) is 7.84. The largest absolute Gasteiger partial charge is 0.495 e. The van der Waals surface area contributed by atoms with Gasteiger partial charge in [0.2, 0.25) is 0 Å². The van der Waals surface area contributed by atoms with Crippen LogP contribution in [0.25, 0.3) is 0 Å². The van der Waals surface area contributed by atoms with Crippen molar-refractivity contribution in [3.63, 3.8) is 0 Å². The molecule has 1 amide bonds. The van der Waals surface area contributed by atoms with Crippen LogP contribution in [0.15, 0.2) is 54.6 Å². The first-order valence-electron chi connectivity index (χ1n) is 7.88. The lowest BCUT2D eigenvalue weighted by atomic mass is 10.2. The van der Waals surface area contributed by atoms with Crippen LogP contribution >= 0.6 is 11.6 Å². The predicted molar refractivity (Wildman–Crippen MR) is 102 cm³/mol. The zero-order valence-electron chi connectivity index (χ0n) is 14.3. The molecule has 0 saturated heterocycles. The first-order valence-corrected chi connectivity index (χ1v) is 8.25. The topological polar surface area (TPSA) is 76.1 Å². The summed E-state index contributed by atoms with van der Waals surface area (Å²) in [6.45, 7) is 1.73. The third-order valence-corrected chi connectivity index (χ3v) is 3.79. The SMILES string of the molecule is COc1ccccc1NC(=O)c1cc(Nc2ccc(Cl)cc2)nc(C)n1. The number of benzene rings is 2. The number of rotatable bonds is 5. The molecule has 0 spiro atoms. The molecule has 0 aliphatic carbocycles. The lowest BCUT2D eigenvalue weighted by Gasteiger charge is -2.11. The van der Waals surface area contributed by atoms with Crippen molar-refractivity contribution in [3.05, 3.63) is 71.1 Å². The van der Waals surface area contributed by atoms with E-state index in [-0.39, 0.29) is 11.6 Å². The van der Waals surface area contributed by atoms with Gasteiger partial charge in [0.05, 0.1) is 12.8 Å². The van der Waals surface area contributed by atoms with Crippen LogP contribution < -0.4 is 15.4 Å². The zero-order valence-corrected chi connectivity index (χ0v) is 15.0. The van der Waals surface area contributed by atoms with Crippen molar-refractivity contribution in [2.45, 2.75) is 6.92 Å². The second-order valence-electron chi connectivity index (χ2n) is 5.47. The van der Waals surface area contributed by atoms with Gasteiger partial charge >= 0.3 is 0 Å². The molecule has 132 valence electrons. The van der Waals surface area contributed by atoms with E-state index in [1.165, 1.54) is 0 Å². The number of nitrogens with one attached hydrogen (secondary N) is 2. The molecule has 6 nitrogen and oxygen atoms in total. The number of para-hydroxylation sites is 2. The standard InChI is InChI=1S/C19H17ClN4O2/c1-12-21-16(19(25)24-15-5-3-4-6-17(15)26-2)11-18(22-12)23-14-9-7-13(20)8-10-14/h3-11H,1-2H3,(H,24,25)(H,21,22,23). The van der Waals surface area contributed by atoms with Gasteiger partial charge in [-0.2, -0.15) is 0 Å². The third kappa shape index (κ3) is 4.29. The molecule has 3 aromatic rings. The summed E-state index contributed by atoms with van der Waals surface area (Å²) < 4.78 is 5.25. The van der Waals surface area contributed by atoms with Gasteiger partial charge in [-0.3, -0.25) is 4.79 Å². The number of hydrogen-bond donors (Lipinski definition) is 2. The highest BCUT2D eigenvalue weighted by molar-refractivity contribution is 6.30. The quantitative estimate of drug-likeness (QED) is 0.696. The van der Waals surface area contributed by atoms with Crippen molar-refractivity contribution in [2.75, 3.05) is 17.7 Å². The van der Waals surface area contributed by atoms with Gasteiger partial charge in [0.15, 0.2) is 0 Å². The first-order chi connectivity index (χ1) is 12.5. The van der Waals surface area contributed by atoms with E-state index < -0.39 is 0 Å². The molecule has 0 unspecified atom stereocenters. The summed E-state index contributed by atoms with van der Waals surface area (Å²) in [4.78, 5) is 21.1. The van der Waals surface area contributed by atoms with E-state index in [1.807, 2.05) is 24.3 Å². The Morgan fingerprint density at radius 3 is 2.54 bits per heavy atom. The number of ether oxygens (including phenoxy) is 1. The number of methoxy groups -OCH3 is 1. The zero-order chi connectivity index (χ0) is 18.5. The molecular weight excluding hydrogens is 352 g/mol. The summed E-state index contributed by atoms with van der Waals surface area (Å²) in [6.07, 6.45) is 0. The number of amides is 1. The fraction of sp³-hybridized carbons (Fsp3) is 0.105. The molecule has 0 aliphatic heterocycles. The van der Waals surface area contributed by atoms with Crippen LogP contribution in [0, 0.1) is 6.92 Å². The molecule has 0 fully saturated rings. The van der Waals surface area contributed by atoms with E-state index in [0.717, 1.165) is 5.69 Å². The Bertz CT molecular complexity index is 929. The summed E-state index contributed by atoms with van der Waals surface area (Å²) in [5.41, 5.74) is 1.63. The van der Waals surface area contributed by atoms with Gasteiger partial charge < -0.3 is 15.4 Å². The number of carbonyl (C=O) groups excluding carboxylic acids is 1. The first kappa shape index (κ1) is 17.7. The van der Waals surface area contributed by atoms with E-state index in [2.05, 4.69) is 20.6 Å². The van der Waals surface area contributed by atoms with E-state index in [1.54, 1.807) is 44.4 Å². The number of aromatic nitrogens is 2. The summed E-state index contributed by atoms with van der Waals surface area (Å²) in [5, 5.41) is 6.59. The van der Waals surface area contributed by atoms with Crippen molar-refractivity contribution in [2.24, 2.45) is 0 Å². The van der Waals surface area contributed by atoms with Crippen LogP contribution in [0.3, 0.4) is 0 Å². The Kier molecular flexibility index (Phi) is 5.34. The summed E-state index contributed by atoms with van der Waals surface area (Å²) in [5.74, 6) is 1.23. The molecule has 3 rings (SSSR count). The van der Waals surface area contributed by atoms with Crippen molar-refractivity contribution >= 4 is 34.7 Å². The molecule has 7 heteroatoms. The highest BCUT2D eigenvalue weighted by Gasteiger charge is 2.13. The van der Waals surface area contributed by atoms with E-state index in [9.17, 15) is 4.79 Å². The van der Waals surface area contributed by atoms with E-state index in [0.29, 0.717) is 28.1 Å². The van der Waals surface area contributed by atoms with Crippen molar-refractivity contribution in [1.29, 1.82) is 0 Å². The average Bonchev–Trinajstić information content (AvgIpc) is 2.63. The molecule has 0 atom stereocenters. The maximum Gasteiger partial charge on any atom is 0.274 e. The molecule has 0 bridgehead atoms. The molecule has 0 aliphatic rings. The summed E-state index contributed by atoms with van der Waals surface area (Å²) in [7, 11) is 1.55. The molecular formula is C19H17ClN4O2. The number of anilines is 3. The Labute approximate surface area is 156 Å². The molecule has 1 heterocycles. The van der Waals surface area contributed by atoms with Crippen molar-refractivity contribution in [3.8, 4) is 5.75 Å². The normalized spacial score (nSPS) is 10.3. The van der Waals surface area contributed by atoms with Crippen LogP contribution in [-0.2, 0) is 0 Å². The Balaban J connectivity index is 1.82. The monoisotopic (exact) mass is 368 g/mol. The Morgan fingerprint density at radius 2 is 1.81 bits per heavy atom. The van der Waals surface area contributed by atoms with Gasteiger partial charge in [0, 0.05) is 16.8 Å². The summed E-state index contributed by atoms with van der Waals surface area (Å²) >= 11 is 5.89. The number of aryl methyl sites for hydroxylation is 1. The molecule has 0 radical (unpaired) electrons. The minimum atomic E-state index is -0.348. The fourth-order valence-electron chi connectivity index (χ4n) is 2.36. The molecule has 26 heavy (non-hydrogen) atoms. The molecule has 1 aromatic heterocycles. The lowest BCUT2D eigenvalue weighted by molar-refractivity contribution is 0.102. The number of nitrogens with zero attached hydrogens (tertiary/aromatic N) is 2. The molecule has 0 saturated carbocycles. The van der Waals surface area contributed by atoms with Gasteiger partial charge in [-0.15, -0.1) is 0 Å². The predicted octanol–water partition coefficient (Wildman–Crippen LogP) is 4.44. The highest BCUT2D eigenvalue weighted by atomic mass is 35.5. The van der Waals surface area contributed by atoms with Crippen LogP contribution in [0.4, 0.5) is 17.2 Å². The van der Waals surface area contributed by atoms with E-state index in [4.69, 9.17) is 16.3 Å². The van der Waals surface area contributed by atoms with Crippen LogP contribution in [0.1, 0.15) is 16.3 Å². The van der Waals surface area contributed by atoms with Gasteiger partial charge in [0.1, 0.15) is 23.1 Å². The minimum absolute atomic E-state index is 0.250. The average molecular weight is 369 g/mol. The maximum absolute atomic E-state index is 12.6. The van der Waals surface area contributed by atoms with Crippen molar-refractivity contribution in [1.82, 2.24) is 9.97 Å². The van der Waals surface area contributed by atoms with Gasteiger partial charge in [0.25, 0.3) is 5.91 Å². The van der Waals surface area contributed by atoms with Crippen LogP contribution in [0.2, 0.25) is 5.02 Å². The Hall–Kier alpha value is -3.12. The minimum Gasteiger partial charge on any atom is -0.495 e. The smallest absolute Gasteiger partial charge is 0.274 e. The van der Waals surface area contributed by atoms with Crippen LogP contribution in [0.5, 0.6) is 5.75 Å². The van der Waals surface area contributed by atoms with Gasteiger partial charge in [-0.1, -0.05) is 23.7 Å². The third-order valence-electron chi connectivity index (χ3n) is 3.54. The second-order valence-corrected chi connectivity index (χ2v) is 5.91. The molecule has 2 aromatic carbocycles. The van der Waals surface area contributed by atoms with Gasteiger partial charge in [-0.25, -0.2) is 9.97 Å². The number of hydrogen-bond acceptors (Lipinski definition) is 5. The molecule has 2 N–H and O–H groups in total. The highest BCUT2D eigenvalue weighted by Crippen LogP contribution is 2.24. The Morgan fingerprint density at radius 1 is 1.08 bits per heavy atom.